The summed E-state index contributed by atoms with van der Waals surface area (Å²) in [6.07, 6.45) is 1.08. The van der Waals surface area contributed by atoms with Crippen molar-refractivity contribution in [3.63, 3.8) is 0 Å². The van der Waals surface area contributed by atoms with Crippen molar-refractivity contribution in [3.05, 3.63) is 71.8 Å². The molecule has 0 aliphatic heterocycles. The predicted octanol–water partition coefficient (Wildman–Crippen LogP) is 1.86. The van der Waals surface area contributed by atoms with Gasteiger partial charge in [-0.2, -0.15) is 35.9 Å². The Balaban J connectivity index is 0.000000306. The summed E-state index contributed by atoms with van der Waals surface area (Å²) < 4.78 is 0. The molecule has 90 valence electrons. The maximum Gasteiger partial charge on any atom is 1.00 e. The van der Waals surface area contributed by atoms with Crippen molar-refractivity contribution >= 4 is 0 Å². The Bertz CT molecular complexity index is 392. The Hall–Kier alpha value is 0.245. The SMILES string of the molecule is CC(C)c1ccccc1.CCc1[c-]cccc1.[Rb+]. The monoisotopic (exact) mass is 310 g/mol. The van der Waals surface area contributed by atoms with Crippen LogP contribution in [0.15, 0.2) is 54.6 Å². The molecule has 0 saturated heterocycles. The molecule has 0 bridgehead atoms. The molecule has 1 heteroatoms. The minimum Gasteiger partial charge on any atom is -0.180 e. The van der Waals surface area contributed by atoms with Crippen molar-refractivity contribution in [3.8, 4) is 0 Å². The van der Waals surface area contributed by atoms with Gasteiger partial charge < -0.3 is 0 Å². The van der Waals surface area contributed by atoms with E-state index in [0.717, 1.165) is 6.42 Å². The van der Waals surface area contributed by atoms with Gasteiger partial charge in [-0.3, -0.25) is 0 Å². The third-order valence-electron chi connectivity index (χ3n) is 2.62. The second kappa shape index (κ2) is 11.1. The molecule has 0 nitrogen and oxygen atoms in total. The zero-order chi connectivity index (χ0) is 12.5. The van der Waals surface area contributed by atoms with Gasteiger partial charge in [0.2, 0.25) is 0 Å². The van der Waals surface area contributed by atoms with E-state index in [9.17, 15) is 0 Å². The fraction of sp³-hybridized carbons (Fsp3) is 0.294. The molecule has 0 saturated carbocycles. The maximum atomic E-state index is 3.12. The maximum absolute atomic E-state index is 3.12. The standard InChI is InChI=1S/C9H12.C8H9.Rb/c1-8(2)9-6-4-3-5-7-9;1-2-8-6-4-3-5-7-8;/h3-8H,1-2H3;3-6H,2H2,1H3;/q;-1;+1. The van der Waals surface area contributed by atoms with Crippen LogP contribution in [0.3, 0.4) is 0 Å². The van der Waals surface area contributed by atoms with E-state index in [4.69, 9.17) is 0 Å². The molecule has 0 N–H and O–H groups in total. The van der Waals surface area contributed by atoms with Gasteiger partial charge in [0, 0.05) is 0 Å². The summed E-state index contributed by atoms with van der Waals surface area (Å²) in [5.74, 6) is 0.659. The van der Waals surface area contributed by atoms with Gasteiger partial charge in [-0.15, -0.1) is 0 Å². The van der Waals surface area contributed by atoms with Gasteiger partial charge in [0.1, 0.15) is 0 Å². The fourth-order valence-electron chi connectivity index (χ4n) is 1.49. The summed E-state index contributed by atoms with van der Waals surface area (Å²) in [6, 6.07) is 21.7. The van der Waals surface area contributed by atoms with Crippen molar-refractivity contribution in [1.82, 2.24) is 0 Å². The van der Waals surface area contributed by atoms with Gasteiger partial charge >= 0.3 is 58.2 Å². The van der Waals surface area contributed by atoms with Crippen LogP contribution in [0.25, 0.3) is 0 Å². The van der Waals surface area contributed by atoms with E-state index in [1.807, 2.05) is 24.3 Å². The fourth-order valence-corrected chi connectivity index (χ4v) is 1.49. The van der Waals surface area contributed by atoms with Gasteiger partial charge in [0.15, 0.2) is 0 Å². The predicted molar refractivity (Wildman–Crippen MR) is 75.2 cm³/mol. The van der Waals surface area contributed by atoms with Crippen molar-refractivity contribution in [2.75, 3.05) is 0 Å². The van der Waals surface area contributed by atoms with Crippen molar-refractivity contribution in [1.29, 1.82) is 0 Å². The summed E-state index contributed by atoms with van der Waals surface area (Å²) in [7, 11) is 0. The van der Waals surface area contributed by atoms with Gasteiger partial charge in [-0.1, -0.05) is 57.5 Å². The Morgan fingerprint density at radius 3 is 1.89 bits per heavy atom. The molecule has 0 amide bonds. The van der Waals surface area contributed by atoms with Crippen molar-refractivity contribution in [2.24, 2.45) is 0 Å². The number of benzene rings is 2. The van der Waals surface area contributed by atoms with Crippen molar-refractivity contribution < 1.29 is 58.2 Å². The molecule has 0 atom stereocenters. The van der Waals surface area contributed by atoms with E-state index >= 15 is 0 Å². The average molecular weight is 311 g/mol. The minimum absolute atomic E-state index is 0. The number of hydrogen-bond acceptors (Lipinski definition) is 0. The first-order valence-electron chi connectivity index (χ1n) is 6.24. The van der Waals surface area contributed by atoms with Gasteiger partial charge in [-0.05, 0) is 11.5 Å². The van der Waals surface area contributed by atoms with Gasteiger partial charge in [-0.25, -0.2) is 0 Å². The molecule has 2 aromatic carbocycles. The summed E-state index contributed by atoms with van der Waals surface area (Å²) in [5, 5.41) is 0. The normalized spacial score (nSPS) is 9.11. The Morgan fingerprint density at radius 2 is 1.56 bits per heavy atom. The minimum atomic E-state index is 0. The smallest absolute Gasteiger partial charge is 0.180 e. The quantitative estimate of drug-likeness (QED) is 0.743. The van der Waals surface area contributed by atoms with Crippen molar-refractivity contribution in [2.45, 2.75) is 33.1 Å². The molecule has 18 heavy (non-hydrogen) atoms. The van der Waals surface area contributed by atoms with Crippen LogP contribution in [0.1, 0.15) is 37.8 Å². The molecule has 2 rings (SSSR count). The molecule has 0 heterocycles. The summed E-state index contributed by atoms with van der Waals surface area (Å²) in [5.41, 5.74) is 2.70. The van der Waals surface area contributed by atoms with Crippen LogP contribution in [0.5, 0.6) is 0 Å². The van der Waals surface area contributed by atoms with Crippen LogP contribution in [0, 0.1) is 6.07 Å². The first-order valence-corrected chi connectivity index (χ1v) is 6.24. The number of aryl methyl sites for hydroxylation is 1. The van der Waals surface area contributed by atoms with Crippen LogP contribution >= 0.6 is 0 Å². The molecule has 0 fully saturated rings. The molecular weight excluding hydrogens is 290 g/mol. The number of hydrogen-bond donors (Lipinski definition) is 0. The van der Waals surface area contributed by atoms with E-state index in [1.165, 1.54) is 11.1 Å². The number of rotatable bonds is 2. The largest absolute Gasteiger partial charge is 1.00 e. The Labute approximate surface area is 161 Å². The molecule has 0 unspecified atom stereocenters. The summed E-state index contributed by atoms with van der Waals surface area (Å²) >= 11 is 0. The second-order valence-corrected chi connectivity index (χ2v) is 4.31. The molecule has 2 aromatic rings. The van der Waals surface area contributed by atoms with E-state index in [0.29, 0.717) is 5.92 Å². The second-order valence-electron chi connectivity index (χ2n) is 4.31. The van der Waals surface area contributed by atoms with E-state index in [2.05, 4.69) is 57.2 Å². The third-order valence-corrected chi connectivity index (χ3v) is 2.62. The van der Waals surface area contributed by atoms with Crippen LogP contribution in [-0.4, -0.2) is 0 Å². The first-order chi connectivity index (χ1) is 8.24. The molecule has 0 aliphatic carbocycles. The molecule has 0 spiro atoms. The molecule has 0 radical (unpaired) electrons. The van der Waals surface area contributed by atoms with Crippen LogP contribution in [-0.2, 0) is 6.42 Å². The van der Waals surface area contributed by atoms with Crippen LogP contribution in [0.4, 0.5) is 0 Å². The Kier molecular flexibility index (Phi) is 11.3. The van der Waals surface area contributed by atoms with Gasteiger partial charge in [0.25, 0.3) is 0 Å². The molecular formula is C17H21Rb. The average Bonchev–Trinajstić information content (AvgIpc) is 2.41. The summed E-state index contributed by atoms with van der Waals surface area (Å²) in [4.78, 5) is 0. The van der Waals surface area contributed by atoms with Crippen LogP contribution in [0.2, 0.25) is 0 Å². The summed E-state index contributed by atoms with van der Waals surface area (Å²) in [6.45, 7) is 6.54. The molecule has 0 aliphatic rings. The zero-order valence-corrected chi connectivity index (χ0v) is 16.9. The zero-order valence-electron chi connectivity index (χ0n) is 12.0. The van der Waals surface area contributed by atoms with E-state index in [-0.39, 0.29) is 58.2 Å². The van der Waals surface area contributed by atoms with Gasteiger partial charge in [0.05, 0.1) is 0 Å². The van der Waals surface area contributed by atoms with Crippen LogP contribution < -0.4 is 58.2 Å². The topological polar surface area (TPSA) is 0 Å². The first kappa shape index (κ1) is 18.2. The van der Waals surface area contributed by atoms with E-state index < -0.39 is 0 Å². The Morgan fingerprint density at radius 1 is 0.944 bits per heavy atom. The third kappa shape index (κ3) is 7.63. The molecule has 0 aromatic heterocycles. The van der Waals surface area contributed by atoms with E-state index in [1.54, 1.807) is 0 Å².